The lowest BCUT2D eigenvalue weighted by Gasteiger charge is -2.21. The van der Waals surface area contributed by atoms with E-state index >= 15 is 0 Å². The lowest BCUT2D eigenvalue weighted by atomic mass is 10.1. The summed E-state index contributed by atoms with van der Waals surface area (Å²) < 4.78 is 5.30. The van der Waals surface area contributed by atoms with E-state index in [0.29, 0.717) is 6.04 Å². The molecule has 0 spiro atoms. The number of ether oxygens (including phenoxy) is 1. The number of hydrogen-bond acceptors (Lipinski definition) is 3. The highest BCUT2D eigenvalue weighted by molar-refractivity contribution is 5.68. The van der Waals surface area contributed by atoms with Crippen LogP contribution in [0.3, 0.4) is 0 Å². The first-order valence-corrected chi connectivity index (χ1v) is 8.49. The second-order valence-electron chi connectivity index (χ2n) is 7.70. The van der Waals surface area contributed by atoms with Crippen molar-refractivity contribution in [1.82, 2.24) is 10.6 Å². The first-order chi connectivity index (χ1) is 9.76. The van der Waals surface area contributed by atoms with Crippen molar-refractivity contribution >= 4 is 6.09 Å². The molecule has 4 nitrogen and oxygen atoms in total. The fourth-order valence-electron chi connectivity index (χ4n) is 2.76. The zero-order valence-corrected chi connectivity index (χ0v) is 14.5. The number of carbonyl (C=O) groups excluding carboxylic acids is 1. The molecule has 124 valence electrons. The van der Waals surface area contributed by atoms with Gasteiger partial charge in [-0.2, -0.15) is 0 Å². The van der Waals surface area contributed by atoms with Gasteiger partial charge >= 0.3 is 6.09 Å². The van der Waals surface area contributed by atoms with Crippen LogP contribution in [-0.2, 0) is 4.74 Å². The molecule has 2 atom stereocenters. The number of unbranched alkanes of at least 4 members (excludes halogenated alkanes) is 1. The molecule has 2 unspecified atom stereocenters. The second kappa shape index (κ2) is 8.62. The van der Waals surface area contributed by atoms with Crippen LogP contribution in [0.25, 0.3) is 0 Å². The maximum atomic E-state index is 11.7. The first kappa shape index (κ1) is 18.3. The van der Waals surface area contributed by atoms with E-state index in [4.69, 9.17) is 4.74 Å². The quantitative estimate of drug-likeness (QED) is 0.702. The molecule has 1 saturated carbocycles. The summed E-state index contributed by atoms with van der Waals surface area (Å²) in [6, 6.07) is 0.803. The Balaban J connectivity index is 2.11. The summed E-state index contributed by atoms with van der Waals surface area (Å²) in [6.45, 7) is 11.3. The highest BCUT2D eigenvalue weighted by Gasteiger charge is 2.27. The highest BCUT2D eigenvalue weighted by atomic mass is 16.6. The zero-order valence-electron chi connectivity index (χ0n) is 14.5. The molecule has 1 amide bonds. The van der Waals surface area contributed by atoms with Crippen LogP contribution in [0.4, 0.5) is 4.79 Å². The van der Waals surface area contributed by atoms with Crippen molar-refractivity contribution in [2.75, 3.05) is 6.54 Å². The topological polar surface area (TPSA) is 50.4 Å². The van der Waals surface area contributed by atoms with Gasteiger partial charge in [-0.05, 0) is 58.9 Å². The Kier molecular flexibility index (Phi) is 7.50. The Hall–Kier alpha value is -0.770. The van der Waals surface area contributed by atoms with Crippen LogP contribution in [-0.4, -0.2) is 30.3 Å². The standard InChI is InChI=1S/C17H34N2O2/c1-13(2)8-6-7-11-18-14-9-10-15(12-14)19-16(20)21-17(3,4)5/h13-15,18H,6-12H2,1-5H3,(H,19,20). The van der Waals surface area contributed by atoms with Gasteiger partial charge in [-0.1, -0.05) is 26.7 Å². The third kappa shape index (κ3) is 8.97. The van der Waals surface area contributed by atoms with E-state index in [0.717, 1.165) is 31.7 Å². The van der Waals surface area contributed by atoms with Crippen LogP contribution in [0.2, 0.25) is 0 Å². The van der Waals surface area contributed by atoms with Crippen LogP contribution in [0.15, 0.2) is 0 Å². The maximum Gasteiger partial charge on any atom is 0.407 e. The van der Waals surface area contributed by atoms with Gasteiger partial charge < -0.3 is 15.4 Å². The van der Waals surface area contributed by atoms with E-state index in [9.17, 15) is 4.79 Å². The summed E-state index contributed by atoms with van der Waals surface area (Å²) in [6.07, 6.45) is 6.78. The number of alkyl carbamates (subject to hydrolysis) is 1. The lowest BCUT2D eigenvalue weighted by molar-refractivity contribution is 0.0505. The van der Waals surface area contributed by atoms with Crippen molar-refractivity contribution in [3.8, 4) is 0 Å². The number of carbonyl (C=O) groups is 1. The van der Waals surface area contributed by atoms with Gasteiger partial charge in [-0.25, -0.2) is 4.79 Å². The number of rotatable bonds is 7. The molecular formula is C17H34N2O2. The zero-order chi connectivity index (χ0) is 15.9. The van der Waals surface area contributed by atoms with E-state index in [1.54, 1.807) is 0 Å². The van der Waals surface area contributed by atoms with Gasteiger partial charge in [0.2, 0.25) is 0 Å². The Morgan fingerprint density at radius 3 is 2.48 bits per heavy atom. The number of hydrogen-bond donors (Lipinski definition) is 2. The van der Waals surface area contributed by atoms with Gasteiger partial charge in [0.15, 0.2) is 0 Å². The van der Waals surface area contributed by atoms with Crippen molar-refractivity contribution in [2.24, 2.45) is 5.92 Å². The minimum absolute atomic E-state index is 0.257. The first-order valence-electron chi connectivity index (χ1n) is 8.49. The van der Waals surface area contributed by atoms with Crippen LogP contribution in [0.1, 0.15) is 73.1 Å². The summed E-state index contributed by atoms with van der Waals surface area (Å²) >= 11 is 0. The van der Waals surface area contributed by atoms with E-state index in [-0.39, 0.29) is 12.1 Å². The molecule has 0 bridgehead atoms. The molecule has 0 radical (unpaired) electrons. The predicted octanol–water partition coefficient (Wildman–Crippen LogP) is 3.85. The summed E-state index contributed by atoms with van der Waals surface area (Å²) in [5, 5.41) is 6.60. The molecule has 0 heterocycles. The Bertz CT molecular complexity index is 310. The van der Waals surface area contributed by atoms with Gasteiger partial charge in [-0.3, -0.25) is 0 Å². The number of nitrogens with one attached hydrogen (secondary N) is 2. The Morgan fingerprint density at radius 2 is 1.86 bits per heavy atom. The molecule has 0 aromatic carbocycles. The van der Waals surface area contributed by atoms with Crippen molar-refractivity contribution in [3.05, 3.63) is 0 Å². The number of amides is 1. The van der Waals surface area contributed by atoms with Gasteiger partial charge in [-0.15, -0.1) is 0 Å². The van der Waals surface area contributed by atoms with E-state index in [2.05, 4.69) is 24.5 Å². The average Bonchev–Trinajstić information content (AvgIpc) is 2.73. The van der Waals surface area contributed by atoms with Gasteiger partial charge in [0.1, 0.15) is 5.60 Å². The molecule has 2 N–H and O–H groups in total. The Labute approximate surface area is 130 Å². The molecule has 21 heavy (non-hydrogen) atoms. The molecule has 1 aliphatic carbocycles. The SMILES string of the molecule is CC(C)CCCCNC1CCC(NC(=O)OC(C)(C)C)C1. The van der Waals surface area contributed by atoms with Crippen LogP contribution < -0.4 is 10.6 Å². The van der Waals surface area contributed by atoms with Gasteiger partial charge in [0.05, 0.1) is 0 Å². The smallest absolute Gasteiger partial charge is 0.407 e. The molecule has 0 saturated heterocycles. The van der Waals surface area contributed by atoms with Crippen molar-refractivity contribution in [3.63, 3.8) is 0 Å². The molecule has 4 heteroatoms. The molecule has 0 aromatic heterocycles. The molecule has 1 aliphatic rings. The van der Waals surface area contributed by atoms with Crippen molar-refractivity contribution in [2.45, 2.75) is 90.8 Å². The van der Waals surface area contributed by atoms with Gasteiger partial charge in [0.25, 0.3) is 0 Å². The largest absolute Gasteiger partial charge is 0.444 e. The summed E-state index contributed by atoms with van der Waals surface area (Å²) in [5.41, 5.74) is -0.420. The summed E-state index contributed by atoms with van der Waals surface area (Å²) in [5.74, 6) is 0.805. The van der Waals surface area contributed by atoms with Crippen LogP contribution >= 0.6 is 0 Å². The minimum Gasteiger partial charge on any atom is -0.444 e. The third-order valence-electron chi connectivity index (χ3n) is 3.79. The fourth-order valence-corrected chi connectivity index (χ4v) is 2.76. The third-order valence-corrected chi connectivity index (χ3v) is 3.79. The van der Waals surface area contributed by atoms with E-state index in [1.165, 1.54) is 19.3 Å². The van der Waals surface area contributed by atoms with Crippen LogP contribution in [0.5, 0.6) is 0 Å². The molecular weight excluding hydrogens is 264 g/mol. The summed E-state index contributed by atoms with van der Waals surface area (Å²) in [7, 11) is 0. The molecule has 1 rings (SSSR count). The summed E-state index contributed by atoms with van der Waals surface area (Å²) in [4.78, 5) is 11.7. The van der Waals surface area contributed by atoms with Crippen LogP contribution in [0, 0.1) is 5.92 Å². The van der Waals surface area contributed by atoms with E-state index in [1.807, 2.05) is 20.8 Å². The minimum atomic E-state index is -0.420. The van der Waals surface area contributed by atoms with Crippen molar-refractivity contribution < 1.29 is 9.53 Å². The Morgan fingerprint density at radius 1 is 1.19 bits per heavy atom. The predicted molar refractivity (Wildman–Crippen MR) is 87.5 cm³/mol. The molecule has 1 fully saturated rings. The fraction of sp³-hybridized carbons (Fsp3) is 0.941. The highest BCUT2D eigenvalue weighted by Crippen LogP contribution is 2.20. The maximum absolute atomic E-state index is 11.7. The van der Waals surface area contributed by atoms with Gasteiger partial charge in [0, 0.05) is 12.1 Å². The van der Waals surface area contributed by atoms with Crippen molar-refractivity contribution in [1.29, 1.82) is 0 Å². The lowest BCUT2D eigenvalue weighted by Crippen LogP contribution is -2.39. The average molecular weight is 298 g/mol. The van der Waals surface area contributed by atoms with E-state index < -0.39 is 5.60 Å². The monoisotopic (exact) mass is 298 g/mol. The normalized spacial score (nSPS) is 22.6. The molecule has 0 aromatic rings. The second-order valence-corrected chi connectivity index (χ2v) is 7.70. The molecule has 0 aliphatic heterocycles.